The summed E-state index contributed by atoms with van der Waals surface area (Å²) in [6, 6.07) is 3.46. The molecule has 0 aliphatic carbocycles. The number of halogens is 1. The molecule has 0 radical (unpaired) electrons. The molecule has 1 aromatic carbocycles. The van der Waals surface area contributed by atoms with Crippen LogP contribution in [0, 0.1) is 5.82 Å². The first-order valence-electron chi connectivity index (χ1n) is 5.17. The lowest BCUT2D eigenvalue weighted by molar-refractivity contribution is 0.318. The normalized spacial score (nSPS) is 12.4. The molecular formula is C10H14FN3O3S. The first-order chi connectivity index (χ1) is 8.39. The number of benzene rings is 1. The first-order valence-corrected chi connectivity index (χ1v) is 6.82. The predicted molar refractivity (Wildman–Crippen MR) is 66.6 cm³/mol. The first kappa shape index (κ1) is 14.2. The van der Waals surface area contributed by atoms with Crippen LogP contribution in [0.1, 0.15) is 18.9 Å². The Bertz CT molecular complexity index is 557. The number of amidine groups is 1. The molecule has 0 fully saturated rings. The van der Waals surface area contributed by atoms with Gasteiger partial charge in [0.2, 0.25) is 10.0 Å². The minimum atomic E-state index is -3.46. The van der Waals surface area contributed by atoms with Crippen LogP contribution in [-0.4, -0.2) is 25.2 Å². The van der Waals surface area contributed by atoms with E-state index in [-0.39, 0.29) is 17.0 Å². The molecule has 0 unspecified atom stereocenters. The van der Waals surface area contributed by atoms with E-state index in [0.717, 1.165) is 12.1 Å². The Hall–Kier alpha value is -1.83. The Morgan fingerprint density at radius 2 is 2.22 bits per heavy atom. The molecule has 1 aromatic rings. The van der Waals surface area contributed by atoms with Crippen LogP contribution < -0.4 is 10.5 Å². The molecule has 0 heterocycles. The molecule has 0 aliphatic rings. The van der Waals surface area contributed by atoms with E-state index < -0.39 is 21.7 Å². The van der Waals surface area contributed by atoms with Crippen molar-refractivity contribution < 1.29 is 18.0 Å². The van der Waals surface area contributed by atoms with Gasteiger partial charge in [-0.25, -0.2) is 12.8 Å². The minimum absolute atomic E-state index is 0.0384. The zero-order valence-corrected chi connectivity index (χ0v) is 10.5. The van der Waals surface area contributed by atoms with Crippen molar-refractivity contribution in [3.8, 4) is 0 Å². The SMILES string of the molecule is CCCS(=O)(=O)Nc1ccc(F)c(C(N)=NO)c1. The number of anilines is 1. The van der Waals surface area contributed by atoms with Gasteiger partial charge in [-0.3, -0.25) is 4.72 Å². The summed E-state index contributed by atoms with van der Waals surface area (Å²) in [5.41, 5.74) is 5.26. The highest BCUT2D eigenvalue weighted by Crippen LogP contribution is 2.16. The summed E-state index contributed by atoms with van der Waals surface area (Å²) in [5.74, 6) is -1.17. The van der Waals surface area contributed by atoms with Crippen LogP contribution in [0.5, 0.6) is 0 Å². The molecule has 1 rings (SSSR count). The molecule has 8 heteroatoms. The number of rotatable bonds is 5. The zero-order valence-electron chi connectivity index (χ0n) is 9.72. The second kappa shape index (κ2) is 5.67. The molecule has 18 heavy (non-hydrogen) atoms. The standard InChI is InChI=1S/C10H14FN3O3S/c1-2-5-18(16,17)14-7-3-4-9(11)8(6-7)10(12)13-15/h3-4,6,14-15H,2,5H2,1H3,(H2,12,13). The largest absolute Gasteiger partial charge is 0.409 e. The van der Waals surface area contributed by atoms with Crippen molar-refractivity contribution >= 4 is 21.5 Å². The third kappa shape index (κ3) is 3.59. The van der Waals surface area contributed by atoms with Gasteiger partial charge in [-0.2, -0.15) is 0 Å². The Morgan fingerprint density at radius 3 is 2.78 bits per heavy atom. The fraction of sp³-hybridized carbons (Fsp3) is 0.300. The molecule has 0 saturated heterocycles. The second-order valence-electron chi connectivity index (χ2n) is 3.60. The maximum atomic E-state index is 13.3. The lowest BCUT2D eigenvalue weighted by Crippen LogP contribution is -2.18. The molecular weight excluding hydrogens is 261 g/mol. The average molecular weight is 275 g/mol. The molecule has 0 bridgehead atoms. The molecule has 0 aliphatic heterocycles. The van der Waals surface area contributed by atoms with Gasteiger partial charge in [-0.15, -0.1) is 0 Å². The van der Waals surface area contributed by atoms with Crippen LogP contribution in [0.3, 0.4) is 0 Å². The Morgan fingerprint density at radius 1 is 1.56 bits per heavy atom. The molecule has 4 N–H and O–H groups in total. The molecule has 100 valence electrons. The predicted octanol–water partition coefficient (Wildman–Crippen LogP) is 1.07. The number of hydrogen-bond donors (Lipinski definition) is 3. The smallest absolute Gasteiger partial charge is 0.232 e. The fourth-order valence-corrected chi connectivity index (χ4v) is 2.46. The van der Waals surface area contributed by atoms with E-state index in [1.54, 1.807) is 6.92 Å². The van der Waals surface area contributed by atoms with Crippen LogP contribution in [-0.2, 0) is 10.0 Å². The molecule has 6 nitrogen and oxygen atoms in total. The molecule has 0 atom stereocenters. The molecule has 0 spiro atoms. The lowest BCUT2D eigenvalue weighted by Gasteiger charge is -2.09. The lowest BCUT2D eigenvalue weighted by atomic mass is 10.2. The topological polar surface area (TPSA) is 105 Å². The van der Waals surface area contributed by atoms with E-state index in [9.17, 15) is 12.8 Å². The van der Waals surface area contributed by atoms with E-state index >= 15 is 0 Å². The Balaban J connectivity index is 3.07. The summed E-state index contributed by atoms with van der Waals surface area (Å²) in [5, 5.41) is 11.1. The number of nitrogens with one attached hydrogen (secondary N) is 1. The Labute approximate surface area is 104 Å². The van der Waals surface area contributed by atoms with Gasteiger partial charge in [0.05, 0.1) is 11.3 Å². The molecule has 0 saturated carbocycles. The van der Waals surface area contributed by atoms with Crippen LogP contribution in [0.25, 0.3) is 0 Å². The van der Waals surface area contributed by atoms with Crippen molar-refractivity contribution in [2.45, 2.75) is 13.3 Å². The van der Waals surface area contributed by atoms with E-state index in [1.165, 1.54) is 6.07 Å². The highest BCUT2D eigenvalue weighted by Gasteiger charge is 2.12. The zero-order chi connectivity index (χ0) is 13.8. The van der Waals surface area contributed by atoms with Gasteiger partial charge in [0.15, 0.2) is 5.84 Å². The monoisotopic (exact) mass is 275 g/mol. The summed E-state index contributed by atoms with van der Waals surface area (Å²) < 4.78 is 38.7. The van der Waals surface area contributed by atoms with Gasteiger partial charge in [0, 0.05) is 5.69 Å². The van der Waals surface area contributed by atoms with Crippen LogP contribution in [0.2, 0.25) is 0 Å². The third-order valence-corrected chi connectivity index (χ3v) is 3.59. The van der Waals surface area contributed by atoms with Gasteiger partial charge in [0.25, 0.3) is 0 Å². The van der Waals surface area contributed by atoms with Crippen molar-refractivity contribution in [2.24, 2.45) is 10.9 Å². The van der Waals surface area contributed by atoms with Crippen molar-refractivity contribution in [3.05, 3.63) is 29.6 Å². The maximum Gasteiger partial charge on any atom is 0.232 e. The van der Waals surface area contributed by atoms with Gasteiger partial charge >= 0.3 is 0 Å². The second-order valence-corrected chi connectivity index (χ2v) is 5.44. The average Bonchev–Trinajstić information content (AvgIpc) is 2.30. The number of nitrogens with zero attached hydrogens (tertiary/aromatic N) is 1. The van der Waals surface area contributed by atoms with Gasteiger partial charge in [-0.05, 0) is 24.6 Å². The summed E-state index contributed by atoms with van der Waals surface area (Å²) in [6.07, 6.45) is 0.462. The quantitative estimate of drug-likeness (QED) is 0.323. The van der Waals surface area contributed by atoms with Crippen LogP contribution in [0.15, 0.2) is 23.4 Å². The highest BCUT2D eigenvalue weighted by molar-refractivity contribution is 7.92. The number of oxime groups is 1. The highest BCUT2D eigenvalue weighted by atomic mass is 32.2. The van der Waals surface area contributed by atoms with Gasteiger partial charge in [0.1, 0.15) is 5.82 Å². The van der Waals surface area contributed by atoms with Gasteiger partial charge in [-0.1, -0.05) is 12.1 Å². The van der Waals surface area contributed by atoms with E-state index in [2.05, 4.69) is 9.88 Å². The number of nitrogens with two attached hydrogens (primary N) is 1. The van der Waals surface area contributed by atoms with Crippen molar-refractivity contribution in [1.29, 1.82) is 0 Å². The van der Waals surface area contributed by atoms with E-state index in [1.807, 2.05) is 0 Å². The number of hydrogen-bond acceptors (Lipinski definition) is 4. The maximum absolute atomic E-state index is 13.3. The number of sulfonamides is 1. The van der Waals surface area contributed by atoms with Crippen molar-refractivity contribution in [1.82, 2.24) is 0 Å². The summed E-state index contributed by atoms with van der Waals surface area (Å²) in [4.78, 5) is 0. The molecule has 0 amide bonds. The summed E-state index contributed by atoms with van der Waals surface area (Å²) in [7, 11) is -3.46. The van der Waals surface area contributed by atoms with Gasteiger partial charge < -0.3 is 10.9 Å². The van der Waals surface area contributed by atoms with E-state index in [0.29, 0.717) is 6.42 Å². The summed E-state index contributed by atoms with van der Waals surface area (Å²) >= 11 is 0. The van der Waals surface area contributed by atoms with Crippen molar-refractivity contribution in [3.63, 3.8) is 0 Å². The van der Waals surface area contributed by atoms with Crippen LogP contribution >= 0.6 is 0 Å². The summed E-state index contributed by atoms with van der Waals surface area (Å²) in [6.45, 7) is 1.73. The fourth-order valence-electron chi connectivity index (χ4n) is 1.34. The van der Waals surface area contributed by atoms with E-state index in [4.69, 9.17) is 10.9 Å². The van der Waals surface area contributed by atoms with Crippen LogP contribution in [0.4, 0.5) is 10.1 Å². The Kier molecular flexibility index (Phi) is 4.49. The van der Waals surface area contributed by atoms with Crippen molar-refractivity contribution in [2.75, 3.05) is 10.5 Å². The molecule has 0 aromatic heterocycles. The minimum Gasteiger partial charge on any atom is -0.409 e. The third-order valence-electron chi connectivity index (χ3n) is 2.10.